The Morgan fingerprint density at radius 1 is 1.27 bits per heavy atom. The van der Waals surface area contributed by atoms with Gasteiger partial charge in [-0.1, -0.05) is 32.0 Å². The summed E-state index contributed by atoms with van der Waals surface area (Å²) in [4.78, 5) is 26.7. The fraction of sp³-hybridized carbons (Fsp3) is 0.471. The number of benzene rings is 1. The summed E-state index contributed by atoms with van der Waals surface area (Å²) in [6.45, 7) is 7.69. The third kappa shape index (κ3) is 2.63. The zero-order valence-corrected chi connectivity index (χ0v) is 13.3. The van der Waals surface area contributed by atoms with E-state index in [2.05, 4.69) is 18.9 Å². The Morgan fingerprint density at radius 2 is 1.95 bits per heavy atom. The fourth-order valence-electron chi connectivity index (χ4n) is 3.07. The van der Waals surface area contributed by atoms with Gasteiger partial charge < -0.3 is 4.90 Å². The van der Waals surface area contributed by atoms with Crippen molar-refractivity contribution in [3.8, 4) is 0 Å². The lowest BCUT2D eigenvalue weighted by Gasteiger charge is -2.20. The molecule has 1 aliphatic rings. The molecule has 0 spiro atoms. The molecule has 3 rings (SSSR count). The molecule has 1 aromatic heterocycles. The molecule has 5 heteroatoms. The van der Waals surface area contributed by atoms with E-state index in [0.29, 0.717) is 5.39 Å². The second-order valence-corrected chi connectivity index (χ2v) is 6.82. The predicted octanol–water partition coefficient (Wildman–Crippen LogP) is 1.96. The lowest BCUT2D eigenvalue weighted by atomic mass is 9.93. The van der Waals surface area contributed by atoms with Crippen molar-refractivity contribution in [2.45, 2.75) is 33.7 Å². The van der Waals surface area contributed by atoms with Gasteiger partial charge in [0.15, 0.2) is 0 Å². The Morgan fingerprint density at radius 3 is 2.59 bits per heavy atom. The minimum absolute atomic E-state index is 0.0145. The number of carbonyl (C=O) groups excluding carboxylic acids is 1. The summed E-state index contributed by atoms with van der Waals surface area (Å²) in [5.41, 5.74) is 0.727. The molecule has 1 aromatic carbocycles. The van der Waals surface area contributed by atoms with Crippen molar-refractivity contribution in [2.24, 2.45) is 5.41 Å². The van der Waals surface area contributed by atoms with E-state index in [-0.39, 0.29) is 23.4 Å². The summed E-state index contributed by atoms with van der Waals surface area (Å²) in [7, 11) is 0. The lowest BCUT2D eigenvalue weighted by molar-refractivity contribution is -0.131. The van der Waals surface area contributed by atoms with E-state index in [1.54, 1.807) is 6.07 Å². The molecule has 1 amide bonds. The first-order valence-electron chi connectivity index (χ1n) is 7.62. The maximum atomic E-state index is 12.5. The molecule has 0 aliphatic carbocycles. The Kier molecular flexibility index (Phi) is 3.51. The standard InChI is InChI=1S/C17H21N3O2/c1-12-13-6-4-5-7-14(13)16(22)20(18-12)10-15(21)19-9-8-17(2,3)11-19/h4-7H,8-11H2,1-3H3. The average Bonchev–Trinajstić information content (AvgIpc) is 2.85. The van der Waals surface area contributed by atoms with Crippen LogP contribution in [0.2, 0.25) is 0 Å². The van der Waals surface area contributed by atoms with Gasteiger partial charge in [-0.05, 0) is 24.8 Å². The van der Waals surface area contributed by atoms with Gasteiger partial charge in [0.1, 0.15) is 6.54 Å². The molecular weight excluding hydrogens is 278 g/mol. The molecule has 1 fully saturated rings. The predicted molar refractivity (Wildman–Crippen MR) is 85.7 cm³/mol. The molecule has 0 unspecified atom stereocenters. The quantitative estimate of drug-likeness (QED) is 0.852. The van der Waals surface area contributed by atoms with Gasteiger partial charge >= 0.3 is 0 Å². The van der Waals surface area contributed by atoms with Gasteiger partial charge in [0.05, 0.1) is 11.1 Å². The number of nitrogens with zero attached hydrogens (tertiary/aromatic N) is 3. The molecule has 0 atom stereocenters. The summed E-state index contributed by atoms with van der Waals surface area (Å²) in [6.07, 6.45) is 0.998. The van der Waals surface area contributed by atoms with Gasteiger partial charge in [0.25, 0.3) is 5.56 Å². The van der Waals surface area contributed by atoms with Crippen LogP contribution in [0.5, 0.6) is 0 Å². The maximum absolute atomic E-state index is 12.5. The van der Waals surface area contributed by atoms with Crippen LogP contribution in [0.4, 0.5) is 0 Å². The van der Waals surface area contributed by atoms with Gasteiger partial charge in [0.2, 0.25) is 5.91 Å². The van der Waals surface area contributed by atoms with E-state index < -0.39 is 0 Å². The van der Waals surface area contributed by atoms with Crippen molar-refractivity contribution in [1.29, 1.82) is 0 Å². The zero-order valence-electron chi connectivity index (χ0n) is 13.3. The van der Waals surface area contributed by atoms with Crippen LogP contribution in [0.15, 0.2) is 29.1 Å². The number of amides is 1. The van der Waals surface area contributed by atoms with Crippen LogP contribution >= 0.6 is 0 Å². The molecule has 1 saturated heterocycles. The molecule has 2 aromatic rings. The lowest BCUT2D eigenvalue weighted by Crippen LogP contribution is -2.37. The normalized spacial score (nSPS) is 17.1. The van der Waals surface area contributed by atoms with Crippen molar-refractivity contribution >= 4 is 16.7 Å². The second kappa shape index (κ2) is 5.23. The molecule has 22 heavy (non-hydrogen) atoms. The zero-order chi connectivity index (χ0) is 15.9. The highest BCUT2D eigenvalue weighted by molar-refractivity contribution is 5.83. The highest BCUT2D eigenvalue weighted by Gasteiger charge is 2.32. The summed E-state index contributed by atoms with van der Waals surface area (Å²) < 4.78 is 1.30. The third-order valence-electron chi connectivity index (χ3n) is 4.37. The van der Waals surface area contributed by atoms with Gasteiger partial charge in [-0.25, -0.2) is 4.68 Å². The van der Waals surface area contributed by atoms with Crippen molar-refractivity contribution in [3.63, 3.8) is 0 Å². The van der Waals surface area contributed by atoms with E-state index in [1.807, 2.05) is 30.0 Å². The summed E-state index contributed by atoms with van der Waals surface area (Å²) in [5.74, 6) is -0.0325. The molecule has 0 N–H and O–H groups in total. The molecule has 0 radical (unpaired) electrons. The molecular formula is C17H21N3O2. The SMILES string of the molecule is Cc1nn(CC(=O)N2CCC(C)(C)C2)c(=O)c2ccccc12. The van der Waals surface area contributed by atoms with Crippen molar-refractivity contribution in [2.75, 3.05) is 13.1 Å². The Bertz CT molecular complexity index is 792. The number of carbonyl (C=O) groups is 1. The minimum atomic E-state index is -0.201. The first kappa shape index (κ1) is 14.8. The van der Waals surface area contributed by atoms with Crippen molar-refractivity contribution < 1.29 is 4.79 Å². The molecule has 0 saturated carbocycles. The van der Waals surface area contributed by atoms with Gasteiger partial charge in [-0.3, -0.25) is 9.59 Å². The highest BCUT2D eigenvalue weighted by atomic mass is 16.2. The van der Waals surface area contributed by atoms with Crippen LogP contribution in [-0.4, -0.2) is 33.7 Å². The number of likely N-dealkylation sites (tertiary alicyclic amines) is 1. The van der Waals surface area contributed by atoms with Crippen LogP contribution in [0.3, 0.4) is 0 Å². The number of hydrogen-bond donors (Lipinski definition) is 0. The molecule has 0 bridgehead atoms. The van der Waals surface area contributed by atoms with Gasteiger partial charge in [-0.2, -0.15) is 5.10 Å². The number of aromatic nitrogens is 2. The number of rotatable bonds is 2. The smallest absolute Gasteiger partial charge is 0.275 e. The Labute approximate surface area is 129 Å². The summed E-state index contributed by atoms with van der Waals surface area (Å²) in [5, 5.41) is 5.77. The first-order valence-corrected chi connectivity index (χ1v) is 7.62. The monoisotopic (exact) mass is 299 g/mol. The van der Waals surface area contributed by atoms with Crippen LogP contribution in [0, 0.1) is 12.3 Å². The van der Waals surface area contributed by atoms with E-state index in [1.165, 1.54) is 4.68 Å². The fourth-order valence-corrected chi connectivity index (χ4v) is 3.07. The molecule has 116 valence electrons. The van der Waals surface area contributed by atoms with Gasteiger partial charge in [0, 0.05) is 18.5 Å². The third-order valence-corrected chi connectivity index (χ3v) is 4.37. The maximum Gasteiger partial charge on any atom is 0.275 e. The van der Waals surface area contributed by atoms with E-state index >= 15 is 0 Å². The minimum Gasteiger partial charge on any atom is -0.341 e. The molecule has 5 nitrogen and oxygen atoms in total. The van der Waals surface area contributed by atoms with Crippen molar-refractivity contribution in [3.05, 3.63) is 40.3 Å². The topological polar surface area (TPSA) is 55.2 Å². The van der Waals surface area contributed by atoms with Crippen LogP contribution in [0.1, 0.15) is 26.0 Å². The van der Waals surface area contributed by atoms with Crippen LogP contribution in [0.25, 0.3) is 10.8 Å². The summed E-state index contributed by atoms with van der Waals surface area (Å²) in [6, 6.07) is 7.39. The van der Waals surface area contributed by atoms with Crippen molar-refractivity contribution in [1.82, 2.24) is 14.7 Å². The Hall–Kier alpha value is -2.17. The van der Waals surface area contributed by atoms with E-state index in [4.69, 9.17) is 0 Å². The Balaban J connectivity index is 1.90. The van der Waals surface area contributed by atoms with E-state index in [0.717, 1.165) is 30.6 Å². The van der Waals surface area contributed by atoms with E-state index in [9.17, 15) is 9.59 Å². The van der Waals surface area contributed by atoms with Gasteiger partial charge in [-0.15, -0.1) is 0 Å². The molecule has 1 aliphatic heterocycles. The first-order chi connectivity index (χ1) is 10.4. The second-order valence-electron chi connectivity index (χ2n) is 6.82. The number of aryl methyl sites for hydroxylation is 1. The summed E-state index contributed by atoms with van der Waals surface area (Å²) >= 11 is 0. The number of fused-ring (bicyclic) bond motifs is 1. The molecule has 2 heterocycles. The largest absolute Gasteiger partial charge is 0.341 e. The number of hydrogen-bond acceptors (Lipinski definition) is 3. The average molecular weight is 299 g/mol. The van der Waals surface area contributed by atoms with Crippen LogP contribution < -0.4 is 5.56 Å². The van der Waals surface area contributed by atoms with Crippen LogP contribution in [-0.2, 0) is 11.3 Å². The highest BCUT2D eigenvalue weighted by Crippen LogP contribution is 2.28.